The second-order valence-corrected chi connectivity index (χ2v) is 8.80. The van der Waals surface area contributed by atoms with Crippen LogP contribution in [0.25, 0.3) is 0 Å². The van der Waals surface area contributed by atoms with E-state index in [0.29, 0.717) is 19.8 Å². The summed E-state index contributed by atoms with van der Waals surface area (Å²) in [5.74, 6) is 0. The van der Waals surface area contributed by atoms with E-state index in [1.807, 2.05) is 0 Å². The van der Waals surface area contributed by atoms with Crippen molar-refractivity contribution in [3.8, 4) is 0 Å². The summed E-state index contributed by atoms with van der Waals surface area (Å²) in [5.41, 5.74) is 5.37. The molecule has 1 aromatic rings. The zero-order valence-electron chi connectivity index (χ0n) is 17.1. The van der Waals surface area contributed by atoms with Gasteiger partial charge >= 0.3 is 0 Å². The van der Waals surface area contributed by atoms with Gasteiger partial charge in [0, 0.05) is 51.4 Å². The van der Waals surface area contributed by atoms with Gasteiger partial charge in [0.1, 0.15) is 4.90 Å². The molecule has 0 unspecified atom stereocenters. The highest BCUT2D eigenvalue weighted by Gasteiger charge is 2.27. The SMILES string of the molecule is CCN(CC)S(=O)(=O)c1cc([N+](=O)[O-])ccc1NNC(=S)NCCN1CCOCC1. The number of morpholine rings is 1. The molecular formula is C17H28N6O5S2. The number of benzene rings is 1. The lowest BCUT2D eigenvalue weighted by Crippen LogP contribution is -2.45. The lowest BCUT2D eigenvalue weighted by molar-refractivity contribution is -0.385. The Kier molecular flexibility index (Phi) is 9.17. The van der Waals surface area contributed by atoms with Gasteiger partial charge in [0.15, 0.2) is 5.11 Å². The highest BCUT2D eigenvalue weighted by atomic mass is 32.2. The number of nitrogens with one attached hydrogen (secondary N) is 3. The summed E-state index contributed by atoms with van der Waals surface area (Å²) >= 11 is 5.23. The third-order valence-electron chi connectivity index (χ3n) is 4.63. The largest absolute Gasteiger partial charge is 0.379 e. The third kappa shape index (κ3) is 6.47. The molecule has 0 aliphatic carbocycles. The van der Waals surface area contributed by atoms with Gasteiger partial charge in [-0.2, -0.15) is 4.31 Å². The van der Waals surface area contributed by atoms with E-state index < -0.39 is 14.9 Å². The number of hydrogen-bond donors (Lipinski definition) is 3. The number of nitro groups is 1. The molecule has 2 rings (SSSR count). The van der Waals surface area contributed by atoms with E-state index in [1.165, 1.54) is 16.4 Å². The monoisotopic (exact) mass is 460 g/mol. The molecule has 0 amide bonds. The number of nitro benzene ring substituents is 1. The molecular weight excluding hydrogens is 432 g/mol. The minimum absolute atomic E-state index is 0.171. The fraction of sp³-hybridized carbons (Fsp3) is 0.588. The minimum atomic E-state index is -3.92. The molecule has 1 saturated heterocycles. The van der Waals surface area contributed by atoms with Crippen LogP contribution in [0.5, 0.6) is 0 Å². The van der Waals surface area contributed by atoms with Crippen molar-refractivity contribution in [1.29, 1.82) is 0 Å². The standard InChI is InChI=1S/C17H28N6O5S2/c1-3-22(4-2)30(26,27)16-13-14(23(24)25)5-6-15(16)19-20-17(29)18-7-8-21-9-11-28-12-10-21/h5-6,13,19H,3-4,7-12H2,1-2H3,(H2,18,20,29). The van der Waals surface area contributed by atoms with Crippen LogP contribution < -0.4 is 16.2 Å². The highest BCUT2D eigenvalue weighted by Crippen LogP contribution is 2.28. The zero-order valence-corrected chi connectivity index (χ0v) is 18.7. The number of rotatable bonds is 10. The third-order valence-corrected chi connectivity index (χ3v) is 6.96. The maximum atomic E-state index is 13.0. The molecule has 1 aromatic carbocycles. The Morgan fingerprint density at radius 2 is 1.97 bits per heavy atom. The number of ether oxygens (including phenoxy) is 1. The first-order valence-corrected chi connectivity index (χ1v) is 11.5. The van der Waals surface area contributed by atoms with E-state index in [-0.39, 0.29) is 34.5 Å². The summed E-state index contributed by atoms with van der Waals surface area (Å²) in [6.45, 7) is 8.48. The molecule has 30 heavy (non-hydrogen) atoms. The number of hydrazine groups is 1. The van der Waals surface area contributed by atoms with Gasteiger partial charge in [0.25, 0.3) is 5.69 Å². The smallest absolute Gasteiger partial charge is 0.270 e. The first-order valence-electron chi connectivity index (χ1n) is 9.68. The van der Waals surface area contributed by atoms with Crippen LogP contribution in [0, 0.1) is 10.1 Å². The number of non-ortho nitro benzene ring substituents is 1. The number of anilines is 1. The van der Waals surface area contributed by atoms with Gasteiger partial charge in [-0.15, -0.1) is 0 Å². The summed E-state index contributed by atoms with van der Waals surface area (Å²) in [6, 6.07) is 3.63. The average molecular weight is 461 g/mol. The van der Waals surface area contributed by atoms with Crippen molar-refractivity contribution in [3.63, 3.8) is 0 Å². The molecule has 11 nitrogen and oxygen atoms in total. The molecule has 0 radical (unpaired) electrons. The Morgan fingerprint density at radius 3 is 2.57 bits per heavy atom. The van der Waals surface area contributed by atoms with Gasteiger partial charge in [0.05, 0.1) is 23.8 Å². The molecule has 0 spiro atoms. The molecule has 0 atom stereocenters. The minimum Gasteiger partial charge on any atom is -0.379 e. The van der Waals surface area contributed by atoms with Gasteiger partial charge in [0.2, 0.25) is 10.0 Å². The van der Waals surface area contributed by atoms with Crippen molar-refractivity contribution >= 4 is 38.7 Å². The Morgan fingerprint density at radius 1 is 1.30 bits per heavy atom. The quantitative estimate of drug-likeness (QED) is 0.261. The highest BCUT2D eigenvalue weighted by molar-refractivity contribution is 7.89. The van der Waals surface area contributed by atoms with Gasteiger partial charge in [-0.25, -0.2) is 8.42 Å². The number of sulfonamides is 1. The predicted octanol–water partition coefficient (Wildman–Crippen LogP) is 0.749. The van der Waals surface area contributed by atoms with Gasteiger partial charge in [-0.1, -0.05) is 13.8 Å². The Hall–Kier alpha value is -2.06. The summed E-state index contributed by atoms with van der Waals surface area (Å²) in [5, 5.41) is 14.5. The van der Waals surface area contributed by atoms with Crippen LogP contribution in [-0.2, 0) is 14.8 Å². The van der Waals surface area contributed by atoms with Crippen molar-refractivity contribution in [3.05, 3.63) is 28.3 Å². The van der Waals surface area contributed by atoms with Crippen LogP contribution in [0.4, 0.5) is 11.4 Å². The van der Waals surface area contributed by atoms with Crippen LogP contribution in [0.3, 0.4) is 0 Å². The van der Waals surface area contributed by atoms with E-state index in [2.05, 4.69) is 21.1 Å². The van der Waals surface area contributed by atoms with Crippen molar-refractivity contribution in [2.75, 3.05) is 57.9 Å². The fourth-order valence-electron chi connectivity index (χ4n) is 2.96. The van der Waals surface area contributed by atoms with Gasteiger partial charge in [-0.3, -0.25) is 25.9 Å². The van der Waals surface area contributed by atoms with Crippen LogP contribution in [0.1, 0.15) is 13.8 Å². The number of nitrogens with zero attached hydrogens (tertiary/aromatic N) is 3. The van der Waals surface area contributed by atoms with Crippen molar-refractivity contribution < 1.29 is 18.1 Å². The lowest BCUT2D eigenvalue weighted by Gasteiger charge is -2.26. The first kappa shape index (κ1) is 24.2. The fourth-order valence-corrected chi connectivity index (χ4v) is 4.74. The summed E-state index contributed by atoms with van der Waals surface area (Å²) in [7, 11) is -3.92. The predicted molar refractivity (Wildman–Crippen MR) is 118 cm³/mol. The molecule has 0 saturated carbocycles. The van der Waals surface area contributed by atoms with Gasteiger partial charge < -0.3 is 10.1 Å². The van der Waals surface area contributed by atoms with Crippen LogP contribution in [0.15, 0.2) is 23.1 Å². The summed E-state index contributed by atoms with van der Waals surface area (Å²) < 4.78 is 32.4. The van der Waals surface area contributed by atoms with Crippen molar-refractivity contribution in [2.24, 2.45) is 0 Å². The summed E-state index contributed by atoms with van der Waals surface area (Å²) in [6.07, 6.45) is 0. The number of thiocarbonyl (C=S) groups is 1. The molecule has 0 bridgehead atoms. The van der Waals surface area contributed by atoms with Crippen LogP contribution >= 0.6 is 12.2 Å². The first-order chi connectivity index (χ1) is 14.3. The maximum absolute atomic E-state index is 13.0. The average Bonchev–Trinajstić information content (AvgIpc) is 2.73. The Labute approximate surface area is 181 Å². The normalized spacial score (nSPS) is 15.0. The molecule has 3 N–H and O–H groups in total. The van der Waals surface area contributed by atoms with E-state index in [4.69, 9.17) is 17.0 Å². The molecule has 1 aliphatic heterocycles. The maximum Gasteiger partial charge on any atom is 0.270 e. The van der Waals surface area contributed by atoms with E-state index in [9.17, 15) is 18.5 Å². The lowest BCUT2D eigenvalue weighted by atomic mass is 10.3. The number of hydrogen-bond acceptors (Lipinski definition) is 8. The second-order valence-electron chi connectivity index (χ2n) is 6.49. The van der Waals surface area contributed by atoms with Crippen LogP contribution in [-0.4, -0.2) is 80.1 Å². The molecule has 0 aromatic heterocycles. The van der Waals surface area contributed by atoms with E-state index >= 15 is 0 Å². The molecule has 1 heterocycles. The van der Waals surface area contributed by atoms with E-state index in [0.717, 1.165) is 25.7 Å². The molecule has 168 valence electrons. The Balaban J connectivity index is 2.05. The van der Waals surface area contributed by atoms with Crippen LogP contribution in [0.2, 0.25) is 0 Å². The van der Waals surface area contributed by atoms with Crippen molar-refractivity contribution in [2.45, 2.75) is 18.7 Å². The van der Waals surface area contributed by atoms with E-state index in [1.54, 1.807) is 13.8 Å². The molecule has 1 aliphatic rings. The van der Waals surface area contributed by atoms with Crippen molar-refractivity contribution in [1.82, 2.24) is 19.9 Å². The zero-order chi connectivity index (χ0) is 22.1. The second kappa shape index (κ2) is 11.4. The molecule has 1 fully saturated rings. The topological polar surface area (TPSA) is 129 Å². The van der Waals surface area contributed by atoms with Gasteiger partial charge in [-0.05, 0) is 18.3 Å². The summed E-state index contributed by atoms with van der Waals surface area (Å²) in [4.78, 5) is 12.6. The Bertz CT molecular complexity index is 841. The molecule has 13 heteroatoms.